The first kappa shape index (κ1) is 29.6. The Morgan fingerprint density at radius 2 is 1.74 bits per heavy atom. The first-order valence-electron chi connectivity index (χ1n) is 11.7. The van der Waals surface area contributed by atoms with Gasteiger partial charge in [-0.2, -0.15) is 0 Å². The third-order valence-corrected chi connectivity index (χ3v) is 5.34. The van der Waals surface area contributed by atoms with E-state index in [9.17, 15) is 29.4 Å². The summed E-state index contributed by atoms with van der Waals surface area (Å²) in [6.45, 7) is -0.280. The SMILES string of the molecule is NC(N)=NCCCC(NC(=O)CNC(=O)C(N)Cc1ccc(O)cc1)C(=O)NC(Cc1cnc[nH]1)C(=O)O. The average Bonchev–Trinajstić information content (AvgIpc) is 3.38. The van der Waals surface area contributed by atoms with Gasteiger partial charge in [0, 0.05) is 24.9 Å². The summed E-state index contributed by atoms with van der Waals surface area (Å²) in [7, 11) is 0. The van der Waals surface area contributed by atoms with Gasteiger partial charge in [0.25, 0.3) is 0 Å². The number of guanidine groups is 1. The third-order valence-electron chi connectivity index (χ3n) is 5.34. The highest BCUT2D eigenvalue weighted by molar-refractivity contribution is 5.92. The zero-order valence-corrected chi connectivity index (χ0v) is 20.6. The van der Waals surface area contributed by atoms with Gasteiger partial charge in [0.1, 0.15) is 17.8 Å². The van der Waals surface area contributed by atoms with Gasteiger partial charge in [0.15, 0.2) is 5.96 Å². The number of aromatic nitrogens is 2. The van der Waals surface area contributed by atoms with Crippen molar-refractivity contribution in [2.75, 3.05) is 13.1 Å². The van der Waals surface area contributed by atoms with Crippen LogP contribution in [0.1, 0.15) is 24.1 Å². The molecule has 3 atom stereocenters. The molecular weight excluding hydrogens is 498 g/mol. The lowest BCUT2D eigenvalue weighted by Crippen LogP contribution is -2.54. The number of rotatable bonds is 15. The van der Waals surface area contributed by atoms with Crippen molar-refractivity contribution in [3.05, 3.63) is 48.0 Å². The number of aliphatic imine (C=N–C) groups is 1. The summed E-state index contributed by atoms with van der Waals surface area (Å²) in [4.78, 5) is 59.8. The Labute approximate surface area is 218 Å². The van der Waals surface area contributed by atoms with E-state index in [-0.39, 0.29) is 37.5 Å². The quantitative estimate of drug-likeness (QED) is 0.0659. The largest absolute Gasteiger partial charge is 0.508 e. The van der Waals surface area contributed by atoms with Gasteiger partial charge in [0.2, 0.25) is 17.7 Å². The minimum absolute atomic E-state index is 0.0509. The second-order valence-electron chi connectivity index (χ2n) is 8.44. The van der Waals surface area contributed by atoms with Crippen LogP contribution in [-0.4, -0.2) is 81.0 Å². The van der Waals surface area contributed by atoms with Crippen LogP contribution in [0.15, 0.2) is 41.8 Å². The summed E-state index contributed by atoms with van der Waals surface area (Å²) < 4.78 is 0. The van der Waals surface area contributed by atoms with Crippen LogP contribution in [0.25, 0.3) is 0 Å². The predicted octanol–water partition coefficient (Wildman–Crippen LogP) is -2.55. The number of benzene rings is 1. The molecule has 0 saturated carbocycles. The van der Waals surface area contributed by atoms with E-state index in [1.54, 1.807) is 12.1 Å². The molecule has 0 aliphatic carbocycles. The molecule has 3 amide bonds. The first-order valence-corrected chi connectivity index (χ1v) is 11.7. The minimum atomic E-state index is -1.28. The van der Waals surface area contributed by atoms with Gasteiger partial charge in [0.05, 0.1) is 18.9 Å². The summed E-state index contributed by atoms with van der Waals surface area (Å²) >= 11 is 0. The lowest BCUT2D eigenvalue weighted by molar-refractivity contribution is -0.142. The number of aliphatic carboxylic acids is 1. The molecule has 206 valence electrons. The number of phenolic OH excluding ortho intramolecular Hbond substituents is 1. The van der Waals surface area contributed by atoms with Crippen molar-refractivity contribution in [3.8, 4) is 5.75 Å². The Morgan fingerprint density at radius 1 is 1.03 bits per heavy atom. The van der Waals surface area contributed by atoms with Gasteiger partial charge in [-0.05, 0) is 37.0 Å². The maximum atomic E-state index is 12.9. The highest BCUT2D eigenvalue weighted by atomic mass is 16.4. The number of carbonyl (C=O) groups is 4. The number of nitrogens with one attached hydrogen (secondary N) is 4. The van der Waals surface area contributed by atoms with Gasteiger partial charge in [-0.3, -0.25) is 19.4 Å². The first-order chi connectivity index (χ1) is 18.0. The molecule has 1 heterocycles. The fourth-order valence-corrected chi connectivity index (χ4v) is 3.38. The van der Waals surface area contributed by atoms with Gasteiger partial charge in [-0.25, -0.2) is 9.78 Å². The van der Waals surface area contributed by atoms with Gasteiger partial charge in [-0.15, -0.1) is 0 Å². The molecule has 0 radical (unpaired) electrons. The number of amides is 3. The Morgan fingerprint density at radius 3 is 2.34 bits per heavy atom. The third kappa shape index (κ3) is 10.5. The molecule has 0 aliphatic heterocycles. The molecule has 1 aromatic carbocycles. The number of aromatic hydroxyl groups is 1. The number of imidazole rings is 1. The number of H-pyrrole nitrogens is 1. The molecular formula is C23H33N9O6. The topological polar surface area (TPSA) is 264 Å². The standard InChI is InChI=1S/C23H33N9O6/c24-16(8-13-3-5-15(33)6-4-13)20(35)29-11-19(34)31-17(2-1-7-28-23(25)26)21(36)32-18(22(37)38)9-14-10-27-12-30-14/h3-6,10,12,16-18,33H,1-2,7-9,11,24H2,(H,27,30)(H,29,35)(H,31,34)(H,32,36)(H,37,38)(H4,25,26,28). The van der Waals surface area contributed by atoms with Crippen molar-refractivity contribution in [1.82, 2.24) is 25.9 Å². The van der Waals surface area contributed by atoms with Crippen molar-refractivity contribution >= 4 is 29.7 Å². The van der Waals surface area contributed by atoms with E-state index in [1.165, 1.54) is 24.7 Å². The van der Waals surface area contributed by atoms with Crippen LogP contribution in [0.2, 0.25) is 0 Å². The summed E-state index contributed by atoms with van der Waals surface area (Å²) in [6, 6.07) is 2.82. The zero-order valence-electron chi connectivity index (χ0n) is 20.6. The second-order valence-corrected chi connectivity index (χ2v) is 8.44. The van der Waals surface area contributed by atoms with E-state index < -0.39 is 48.4 Å². The summed E-state index contributed by atoms with van der Waals surface area (Å²) in [5.41, 5.74) is 17.7. The Bertz CT molecular complexity index is 1100. The number of carbonyl (C=O) groups excluding carboxylic acids is 3. The van der Waals surface area contributed by atoms with Crippen LogP contribution < -0.4 is 33.2 Å². The van der Waals surface area contributed by atoms with Crippen LogP contribution in [0, 0.1) is 0 Å². The molecule has 2 rings (SSSR count). The maximum absolute atomic E-state index is 12.9. The van der Waals surface area contributed by atoms with E-state index in [2.05, 4.69) is 30.9 Å². The van der Waals surface area contributed by atoms with Crippen LogP contribution in [0.4, 0.5) is 0 Å². The highest BCUT2D eigenvalue weighted by Crippen LogP contribution is 2.11. The Hall–Kier alpha value is -4.66. The van der Waals surface area contributed by atoms with E-state index in [0.717, 1.165) is 5.56 Å². The zero-order chi connectivity index (χ0) is 28.1. The minimum Gasteiger partial charge on any atom is -0.508 e. The molecule has 0 spiro atoms. The molecule has 0 bridgehead atoms. The average molecular weight is 532 g/mol. The smallest absolute Gasteiger partial charge is 0.326 e. The molecule has 38 heavy (non-hydrogen) atoms. The van der Waals surface area contributed by atoms with E-state index in [4.69, 9.17) is 17.2 Å². The number of hydrogen-bond acceptors (Lipinski definition) is 8. The number of carboxylic acid groups (broad SMARTS) is 1. The Balaban J connectivity index is 1.95. The molecule has 15 nitrogen and oxygen atoms in total. The maximum Gasteiger partial charge on any atom is 0.326 e. The van der Waals surface area contributed by atoms with Crippen LogP contribution in [0.5, 0.6) is 5.75 Å². The number of nitrogens with zero attached hydrogens (tertiary/aromatic N) is 2. The summed E-state index contributed by atoms with van der Waals surface area (Å²) in [6.07, 6.45) is 3.35. The molecule has 12 N–H and O–H groups in total. The lowest BCUT2D eigenvalue weighted by Gasteiger charge is -2.21. The van der Waals surface area contributed by atoms with E-state index >= 15 is 0 Å². The van der Waals surface area contributed by atoms with Crippen LogP contribution in [-0.2, 0) is 32.0 Å². The van der Waals surface area contributed by atoms with E-state index in [1.807, 2.05) is 0 Å². The number of carboxylic acids is 1. The van der Waals surface area contributed by atoms with Crippen molar-refractivity contribution < 1.29 is 29.4 Å². The molecule has 2 aromatic rings. The fourth-order valence-electron chi connectivity index (χ4n) is 3.38. The van der Waals surface area contributed by atoms with Gasteiger partial charge >= 0.3 is 5.97 Å². The van der Waals surface area contributed by atoms with Crippen LogP contribution in [0.3, 0.4) is 0 Å². The fraction of sp³-hybridized carbons (Fsp3) is 0.391. The summed E-state index contributed by atoms with van der Waals surface area (Å²) in [5, 5.41) is 26.2. The predicted molar refractivity (Wildman–Crippen MR) is 136 cm³/mol. The molecule has 1 aromatic heterocycles. The van der Waals surface area contributed by atoms with Crippen molar-refractivity contribution in [1.29, 1.82) is 0 Å². The van der Waals surface area contributed by atoms with Crippen molar-refractivity contribution in [3.63, 3.8) is 0 Å². The molecule has 0 saturated heterocycles. The number of phenols is 1. The van der Waals surface area contributed by atoms with Crippen LogP contribution >= 0.6 is 0 Å². The van der Waals surface area contributed by atoms with Crippen molar-refractivity contribution in [2.45, 2.75) is 43.8 Å². The number of nitrogens with two attached hydrogens (primary N) is 3. The normalized spacial score (nSPS) is 13.0. The molecule has 0 fully saturated rings. The van der Waals surface area contributed by atoms with E-state index in [0.29, 0.717) is 12.1 Å². The summed E-state index contributed by atoms with van der Waals surface area (Å²) in [5.74, 6) is -3.33. The molecule has 3 unspecified atom stereocenters. The highest BCUT2D eigenvalue weighted by Gasteiger charge is 2.27. The number of hydrogen-bond donors (Lipinski definition) is 9. The molecule has 0 aliphatic rings. The molecule has 15 heteroatoms. The monoisotopic (exact) mass is 531 g/mol. The van der Waals surface area contributed by atoms with Gasteiger partial charge in [-0.1, -0.05) is 12.1 Å². The number of aromatic amines is 1. The van der Waals surface area contributed by atoms with Crippen molar-refractivity contribution in [2.24, 2.45) is 22.2 Å². The second kappa shape index (κ2) is 14.8. The Kier molecular flexibility index (Phi) is 11.5. The lowest BCUT2D eigenvalue weighted by atomic mass is 10.1. The van der Waals surface area contributed by atoms with Gasteiger partial charge < -0.3 is 48.3 Å².